The van der Waals surface area contributed by atoms with Gasteiger partial charge in [0.25, 0.3) is 0 Å². The van der Waals surface area contributed by atoms with Gasteiger partial charge in [-0.25, -0.2) is 4.79 Å². The van der Waals surface area contributed by atoms with Crippen LogP contribution in [0.25, 0.3) is 11.4 Å². The Morgan fingerprint density at radius 1 is 1.29 bits per heavy atom. The monoisotopic (exact) mass is 327 g/mol. The zero-order chi connectivity index (χ0) is 17.1. The highest BCUT2D eigenvalue weighted by Crippen LogP contribution is 2.16. The van der Waals surface area contributed by atoms with Gasteiger partial charge < -0.3 is 14.9 Å². The molecule has 0 fully saturated rings. The molecule has 3 aromatic rings. The molecule has 1 aromatic carbocycles. The second kappa shape index (κ2) is 6.63. The number of carboxylic acids is 1. The van der Waals surface area contributed by atoms with Gasteiger partial charge in [0.2, 0.25) is 11.7 Å². The van der Waals surface area contributed by atoms with Gasteiger partial charge in [-0.1, -0.05) is 17.3 Å². The van der Waals surface area contributed by atoms with Crippen molar-refractivity contribution in [1.82, 2.24) is 25.2 Å². The number of benzene rings is 1. The van der Waals surface area contributed by atoms with Crippen molar-refractivity contribution in [1.29, 1.82) is 0 Å². The second-order valence-corrected chi connectivity index (χ2v) is 5.38. The molecule has 0 aliphatic carbocycles. The summed E-state index contributed by atoms with van der Waals surface area (Å²) in [5.74, 6) is -0.0691. The van der Waals surface area contributed by atoms with Crippen molar-refractivity contribution in [3.05, 3.63) is 53.2 Å². The summed E-state index contributed by atoms with van der Waals surface area (Å²) < 4.78 is 7.03. The fraction of sp³-hybridized carbons (Fsp3) is 0.250. The second-order valence-electron chi connectivity index (χ2n) is 5.38. The van der Waals surface area contributed by atoms with E-state index in [0.29, 0.717) is 30.4 Å². The maximum Gasteiger partial charge on any atom is 0.335 e. The maximum atomic E-state index is 10.8. The van der Waals surface area contributed by atoms with E-state index in [4.69, 9.17) is 9.63 Å². The summed E-state index contributed by atoms with van der Waals surface area (Å²) in [5.41, 5.74) is 3.14. The fourth-order valence-corrected chi connectivity index (χ4v) is 2.23. The smallest absolute Gasteiger partial charge is 0.335 e. The SMILES string of the molecule is Cc1c(CNCc2nc(-c3ccc(C(=O)O)cc3)no2)cnn1C. The Morgan fingerprint density at radius 3 is 2.67 bits per heavy atom. The molecule has 0 aliphatic heterocycles. The summed E-state index contributed by atoms with van der Waals surface area (Å²) in [5, 5.41) is 20.2. The number of hydrogen-bond donors (Lipinski definition) is 2. The molecule has 0 saturated heterocycles. The minimum atomic E-state index is -0.967. The first-order valence-electron chi connectivity index (χ1n) is 7.39. The van der Waals surface area contributed by atoms with Crippen LogP contribution in [-0.2, 0) is 20.1 Å². The Morgan fingerprint density at radius 2 is 2.04 bits per heavy atom. The quantitative estimate of drug-likeness (QED) is 0.710. The molecule has 3 rings (SSSR count). The molecular formula is C16H17N5O3. The number of aryl methyl sites for hydroxylation is 1. The molecule has 0 aliphatic rings. The lowest BCUT2D eigenvalue weighted by Gasteiger charge is -2.01. The van der Waals surface area contributed by atoms with Gasteiger partial charge in [-0.05, 0) is 19.1 Å². The third-order valence-corrected chi connectivity index (χ3v) is 3.79. The molecule has 2 aromatic heterocycles. The summed E-state index contributed by atoms with van der Waals surface area (Å²) >= 11 is 0. The van der Waals surface area contributed by atoms with Crippen molar-refractivity contribution in [3.63, 3.8) is 0 Å². The average molecular weight is 327 g/mol. The molecule has 124 valence electrons. The molecule has 2 heterocycles. The summed E-state index contributed by atoms with van der Waals surface area (Å²) in [6, 6.07) is 6.34. The van der Waals surface area contributed by atoms with Crippen LogP contribution in [-0.4, -0.2) is 31.0 Å². The highest BCUT2D eigenvalue weighted by molar-refractivity contribution is 5.88. The molecule has 0 atom stereocenters. The van der Waals surface area contributed by atoms with Gasteiger partial charge >= 0.3 is 5.97 Å². The first-order chi connectivity index (χ1) is 11.5. The van der Waals surface area contributed by atoms with Crippen molar-refractivity contribution in [2.75, 3.05) is 0 Å². The molecule has 0 spiro atoms. The molecule has 0 unspecified atom stereocenters. The summed E-state index contributed by atoms with van der Waals surface area (Å²) in [4.78, 5) is 15.2. The molecule has 0 saturated carbocycles. The zero-order valence-corrected chi connectivity index (χ0v) is 13.4. The highest BCUT2D eigenvalue weighted by Gasteiger charge is 2.10. The zero-order valence-electron chi connectivity index (χ0n) is 13.4. The molecular weight excluding hydrogens is 310 g/mol. The number of aromatic carboxylic acids is 1. The Hall–Kier alpha value is -3.00. The number of nitrogens with one attached hydrogen (secondary N) is 1. The van der Waals surface area contributed by atoms with Gasteiger partial charge in [-0.2, -0.15) is 10.1 Å². The molecule has 2 N–H and O–H groups in total. The van der Waals surface area contributed by atoms with Crippen LogP contribution in [0.15, 0.2) is 35.0 Å². The maximum absolute atomic E-state index is 10.8. The average Bonchev–Trinajstić information content (AvgIpc) is 3.17. The van der Waals surface area contributed by atoms with Crippen LogP contribution in [0.5, 0.6) is 0 Å². The van der Waals surface area contributed by atoms with Gasteiger partial charge in [0.1, 0.15) is 0 Å². The van der Waals surface area contributed by atoms with E-state index in [1.54, 1.807) is 12.1 Å². The number of aromatic nitrogens is 4. The van der Waals surface area contributed by atoms with Gasteiger partial charge in [0, 0.05) is 30.4 Å². The number of nitrogens with zero attached hydrogens (tertiary/aromatic N) is 4. The lowest BCUT2D eigenvalue weighted by atomic mass is 10.1. The van der Waals surface area contributed by atoms with Crippen molar-refractivity contribution in [2.45, 2.75) is 20.0 Å². The summed E-state index contributed by atoms with van der Waals surface area (Å²) in [6.07, 6.45) is 1.82. The van der Waals surface area contributed by atoms with Crippen LogP contribution in [0, 0.1) is 6.92 Å². The molecule has 8 nitrogen and oxygen atoms in total. The fourth-order valence-electron chi connectivity index (χ4n) is 2.23. The number of rotatable bonds is 6. The minimum Gasteiger partial charge on any atom is -0.478 e. The highest BCUT2D eigenvalue weighted by atomic mass is 16.5. The Kier molecular flexibility index (Phi) is 4.39. The summed E-state index contributed by atoms with van der Waals surface area (Å²) in [7, 11) is 1.90. The van der Waals surface area contributed by atoms with E-state index in [1.165, 1.54) is 12.1 Å². The van der Waals surface area contributed by atoms with Gasteiger partial charge in [0.05, 0.1) is 18.3 Å². The summed E-state index contributed by atoms with van der Waals surface area (Å²) in [6.45, 7) is 3.11. The van der Waals surface area contributed by atoms with Crippen LogP contribution in [0.3, 0.4) is 0 Å². The normalized spacial score (nSPS) is 10.9. The topological polar surface area (TPSA) is 106 Å². The molecule has 0 bridgehead atoms. The number of carbonyl (C=O) groups is 1. The van der Waals surface area contributed by atoms with E-state index in [0.717, 1.165) is 11.3 Å². The number of carboxylic acid groups (broad SMARTS) is 1. The van der Waals surface area contributed by atoms with Gasteiger partial charge in [0.15, 0.2) is 0 Å². The number of hydrogen-bond acceptors (Lipinski definition) is 6. The Balaban J connectivity index is 1.61. The van der Waals surface area contributed by atoms with E-state index in [1.807, 2.05) is 24.9 Å². The first-order valence-corrected chi connectivity index (χ1v) is 7.39. The van der Waals surface area contributed by atoms with Crippen LogP contribution >= 0.6 is 0 Å². The lowest BCUT2D eigenvalue weighted by molar-refractivity contribution is 0.0697. The van der Waals surface area contributed by atoms with Crippen molar-refractivity contribution in [3.8, 4) is 11.4 Å². The van der Waals surface area contributed by atoms with E-state index in [2.05, 4.69) is 20.6 Å². The van der Waals surface area contributed by atoms with Gasteiger partial charge in [-0.3, -0.25) is 4.68 Å². The van der Waals surface area contributed by atoms with Gasteiger partial charge in [-0.15, -0.1) is 0 Å². The largest absolute Gasteiger partial charge is 0.478 e. The molecule has 0 amide bonds. The van der Waals surface area contributed by atoms with Crippen molar-refractivity contribution in [2.24, 2.45) is 7.05 Å². The van der Waals surface area contributed by atoms with Crippen molar-refractivity contribution >= 4 is 5.97 Å². The van der Waals surface area contributed by atoms with Crippen molar-refractivity contribution < 1.29 is 14.4 Å². The minimum absolute atomic E-state index is 0.218. The van der Waals surface area contributed by atoms with E-state index in [9.17, 15) is 4.79 Å². The molecule has 0 radical (unpaired) electrons. The Labute approximate surface area is 138 Å². The predicted molar refractivity (Wildman–Crippen MR) is 85.2 cm³/mol. The predicted octanol–water partition coefficient (Wildman–Crippen LogP) is 1.77. The van der Waals surface area contributed by atoms with Crippen LogP contribution in [0.2, 0.25) is 0 Å². The molecule has 24 heavy (non-hydrogen) atoms. The third kappa shape index (κ3) is 3.33. The van der Waals surface area contributed by atoms with Crippen LogP contribution in [0.4, 0.5) is 0 Å². The third-order valence-electron chi connectivity index (χ3n) is 3.79. The van der Waals surface area contributed by atoms with E-state index >= 15 is 0 Å². The van der Waals surface area contributed by atoms with E-state index < -0.39 is 5.97 Å². The Bertz CT molecular complexity index is 851. The standard InChI is InChI=1S/C16H17N5O3/c1-10-13(8-18-21(10)2)7-17-9-14-19-15(20-24-14)11-3-5-12(6-4-11)16(22)23/h3-6,8,17H,7,9H2,1-2H3,(H,22,23). The molecule has 8 heteroatoms. The first kappa shape index (κ1) is 15.9. The van der Waals surface area contributed by atoms with E-state index in [-0.39, 0.29) is 5.56 Å². The van der Waals surface area contributed by atoms with Crippen LogP contribution < -0.4 is 5.32 Å². The van der Waals surface area contributed by atoms with Crippen LogP contribution in [0.1, 0.15) is 27.5 Å². The lowest BCUT2D eigenvalue weighted by Crippen LogP contribution is -2.13.